The number of amides is 3. The SMILES string of the molecule is CC1(O)CN(C(=O)Cn2c(=O)c(C(=O)NCc3ccc(Cl)cc3)cc3ccc(N)nc32)C1.CC1(O)CNC1.Nc1ccc2cc(C(=O)NCc3ccc(Cl)cc3)c(=O)n(CC(=O)O)c2n1. The number of halogens is 2. The Balaban J connectivity index is 0.000000193. The molecule has 0 unspecified atom stereocenters. The number of hydrogen-bond acceptors (Lipinski definition) is 13. The molecule has 2 aliphatic heterocycles. The van der Waals surface area contributed by atoms with Gasteiger partial charge in [0.1, 0.15) is 47.1 Å². The smallest absolute Gasteiger partial charge is 0.323 e. The maximum atomic E-state index is 13.2. The lowest BCUT2D eigenvalue weighted by Crippen LogP contribution is -2.62. The molecule has 10 N–H and O–H groups in total. The number of nitrogens with two attached hydrogens (primary N) is 2. The van der Waals surface area contributed by atoms with E-state index < -0.39 is 41.0 Å². The Hall–Kier alpha value is -6.90. The van der Waals surface area contributed by atoms with E-state index in [9.17, 15) is 33.9 Å². The molecule has 2 saturated heterocycles. The number of β-amino-alcohol motifs (C(OH)–C–C–N with tert-alkyl or cyclic N) is 2. The number of carboxylic acid groups (broad SMARTS) is 1. The minimum absolute atomic E-state index is 0.108. The van der Waals surface area contributed by atoms with Gasteiger partial charge in [-0.15, -0.1) is 0 Å². The highest BCUT2D eigenvalue weighted by atomic mass is 35.5. The van der Waals surface area contributed by atoms with Crippen LogP contribution in [0.4, 0.5) is 11.6 Å². The molecule has 4 aromatic heterocycles. The molecule has 0 radical (unpaired) electrons. The Morgan fingerprint density at radius 2 is 1.08 bits per heavy atom. The predicted octanol–water partition coefficient (Wildman–Crippen LogP) is 2.14. The standard InChI is InChI=1S/C22H22ClN5O4.C18H15ClN4O4.C4H9NO/c1-22(32)11-27(12-22)18(29)10-28-19-14(4-7-17(24)26-19)8-16(21(28)31)20(30)25-9-13-2-5-15(23)6-3-13;19-12-4-1-10(2-5-12)8-21-17(26)13-7-11-3-6-14(20)22-16(11)23(18(13)27)9-15(24)25;1-4(6)2-5-3-4/h2-8,32H,9-12H2,1H3,(H2,24,26)(H,25,30);1-7H,8-9H2,(H2,20,22)(H,21,26)(H,24,25);5-6H,2-3H2,1H3. The summed E-state index contributed by atoms with van der Waals surface area (Å²) in [5.41, 5.74) is 10.3. The summed E-state index contributed by atoms with van der Waals surface area (Å²) >= 11 is 11.7. The van der Waals surface area contributed by atoms with Crippen molar-refractivity contribution in [3.63, 3.8) is 0 Å². The highest BCUT2D eigenvalue weighted by molar-refractivity contribution is 6.30. The number of carbonyl (C=O) groups excluding carboxylic acids is 3. The van der Waals surface area contributed by atoms with Gasteiger partial charge in [-0.2, -0.15) is 0 Å². The number of pyridine rings is 4. The van der Waals surface area contributed by atoms with Gasteiger partial charge in [-0.25, -0.2) is 9.97 Å². The first-order chi connectivity index (χ1) is 30.7. The van der Waals surface area contributed by atoms with Crippen LogP contribution in [-0.4, -0.2) is 100 Å². The Labute approximate surface area is 380 Å². The number of fused-ring (bicyclic) bond motifs is 2. The summed E-state index contributed by atoms with van der Waals surface area (Å²) in [6.07, 6.45) is 0. The van der Waals surface area contributed by atoms with Crippen LogP contribution in [0, 0.1) is 0 Å². The number of rotatable bonds is 10. The average molecular weight is 930 g/mol. The van der Waals surface area contributed by atoms with Gasteiger partial charge in [0.15, 0.2) is 0 Å². The van der Waals surface area contributed by atoms with E-state index in [1.54, 1.807) is 73.7 Å². The fraction of sp³-hybridized carbons (Fsp3) is 0.273. The molecule has 6 aromatic rings. The van der Waals surface area contributed by atoms with Crippen LogP contribution >= 0.6 is 23.2 Å². The van der Waals surface area contributed by atoms with Crippen LogP contribution in [0.1, 0.15) is 45.7 Å². The number of hydrogen-bond donors (Lipinski definition) is 8. The topological polar surface area (TPSA) is 290 Å². The van der Waals surface area contributed by atoms with E-state index in [1.165, 1.54) is 23.1 Å². The first-order valence-corrected chi connectivity index (χ1v) is 20.7. The first-order valence-electron chi connectivity index (χ1n) is 20.0. The quantitative estimate of drug-likeness (QED) is 0.0978. The number of nitrogens with zero attached hydrogens (tertiary/aromatic N) is 5. The van der Waals surface area contributed by atoms with Crippen LogP contribution in [0.25, 0.3) is 22.1 Å². The van der Waals surface area contributed by atoms with Crippen molar-refractivity contribution in [3.8, 4) is 0 Å². The van der Waals surface area contributed by atoms with Crippen molar-refractivity contribution >= 4 is 80.6 Å². The summed E-state index contributed by atoms with van der Waals surface area (Å²) in [5, 5.41) is 38.2. The normalized spacial score (nSPS) is 14.4. The second kappa shape index (κ2) is 19.9. The molecule has 2 aromatic carbocycles. The lowest BCUT2D eigenvalue weighted by atomic mass is 9.97. The fourth-order valence-electron chi connectivity index (χ4n) is 6.71. The van der Waals surface area contributed by atoms with E-state index >= 15 is 0 Å². The van der Waals surface area contributed by atoms with Gasteiger partial charge in [-0.3, -0.25) is 37.9 Å². The third kappa shape index (κ3) is 12.2. The van der Waals surface area contributed by atoms with Gasteiger partial charge in [0.2, 0.25) is 5.91 Å². The number of carbonyl (C=O) groups is 4. The van der Waals surface area contributed by atoms with Crippen molar-refractivity contribution in [2.24, 2.45) is 0 Å². The lowest BCUT2D eigenvalue weighted by molar-refractivity contribution is -0.152. The molecule has 21 heteroatoms. The molecule has 6 heterocycles. The predicted molar refractivity (Wildman–Crippen MR) is 244 cm³/mol. The van der Waals surface area contributed by atoms with Crippen LogP contribution < -0.4 is 38.5 Å². The number of likely N-dealkylation sites (tertiary alicyclic amines) is 1. The van der Waals surface area contributed by atoms with Gasteiger partial charge < -0.3 is 47.6 Å². The van der Waals surface area contributed by atoms with E-state index in [-0.39, 0.29) is 78.3 Å². The Bertz CT molecular complexity index is 2890. The largest absolute Gasteiger partial charge is 0.480 e. The molecule has 0 atom stereocenters. The summed E-state index contributed by atoms with van der Waals surface area (Å²) in [4.78, 5) is 84.6. The molecular weight excluding hydrogens is 883 g/mol. The Morgan fingerprint density at radius 1 is 0.677 bits per heavy atom. The molecule has 0 saturated carbocycles. The van der Waals surface area contributed by atoms with Crippen LogP contribution in [0.3, 0.4) is 0 Å². The molecule has 2 aliphatic rings. The van der Waals surface area contributed by atoms with Crippen LogP contribution in [0.5, 0.6) is 0 Å². The number of nitrogen functional groups attached to an aromatic ring is 2. The fourth-order valence-corrected chi connectivity index (χ4v) is 6.96. The first kappa shape index (κ1) is 47.6. The molecular formula is C44H46Cl2N10O9. The zero-order chi connectivity index (χ0) is 47.2. The van der Waals surface area contributed by atoms with Gasteiger partial charge in [-0.05, 0) is 85.6 Å². The minimum Gasteiger partial charge on any atom is -0.480 e. The van der Waals surface area contributed by atoms with E-state index in [0.717, 1.165) is 33.4 Å². The summed E-state index contributed by atoms with van der Waals surface area (Å²) in [7, 11) is 0. The second-order valence-electron chi connectivity index (χ2n) is 16.1. The van der Waals surface area contributed by atoms with E-state index in [2.05, 4.69) is 25.9 Å². The summed E-state index contributed by atoms with van der Waals surface area (Å²) in [6.45, 7) is 4.76. The molecule has 19 nitrogen and oxygen atoms in total. The van der Waals surface area contributed by atoms with Gasteiger partial charge >= 0.3 is 5.97 Å². The third-order valence-electron chi connectivity index (χ3n) is 10.2. The molecule has 65 heavy (non-hydrogen) atoms. The highest BCUT2D eigenvalue weighted by Crippen LogP contribution is 2.21. The maximum absolute atomic E-state index is 13.2. The molecule has 2 fully saturated rings. The van der Waals surface area contributed by atoms with Crippen molar-refractivity contribution in [1.29, 1.82) is 0 Å². The molecule has 8 rings (SSSR count). The average Bonchev–Trinajstić information content (AvgIpc) is 3.24. The van der Waals surface area contributed by atoms with Gasteiger partial charge in [0.25, 0.3) is 22.9 Å². The number of anilines is 2. The summed E-state index contributed by atoms with van der Waals surface area (Å²) in [6, 6.07) is 22.9. The van der Waals surface area contributed by atoms with E-state index in [4.69, 9.17) is 44.9 Å². The van der Waals surface area contributed by atoms with E-state index in [1.807, 2.05) is 6.92 Å². The summed E-state index contributed by atoms with van der Waals surface area (Å²) < 4.78 is 2.07. The number of carboxylic acids is 1. The number of aliphatic hydroxyl groups is 2. The second-order valence-corrected chi connectivity index (χ2v) is 16.9. The maximum Gasteiger partial charge on any atom is 0.323 e. The van der Waals surface area contributed by atoms with Gasteiger partial charge in [-0.1, -0.05) is 47.5 Å². The van der Waals surface area contributed by atoms with Crippen molar-refractivity contribution in [3.05, 3.63) is 138 Å². The van der Waals surface area contributed by atoms with Crippen molar-refractivity contribution in [2.75, 3.05) is 37.6 Å². The van der Waals surface area contributed by atoms with Gasteiger partial charge in [0.05, 0.1) is 24.3 Å². The molecule has 0 aliphatic carbocycles. The Morgan fingerprint density at radius 3 is 1.43 bits per heavy atom. The van der Waals surface area contributed by atoms with Crippen molar-refractivity contribution in [2.45, 2.75) is 51.2 Å². The monoisotopic (exact) mass is 928 g/mol. The summed E-state index contributed by atoms with van der Waals surface area (Å²) in [5.74, 6) is -2.46. The van der Waals surface area contributed by atoms with Crippen molar-refractivity contribution in [1.82, 2.24) is 40.0 Å². The minimum atomic E-state index is -1.23. The molecule has 0 spiro atoms. The lowest BCUT2D eigenvalue weighted by Gasteiger charge is -2.44. The Kier molecular flexibility index (Phi) is 14.5. The van der Waals surface area contributed by atoms with E-state index in [0.29, 0.717) is 20.8 Å². The number of aromatic nitrogens is 4. The zero-order valence-corrected chi connectivity index (χ0v) is 36.7. The third-order valence-corrected chi connectivity index (χ3v) is 10.7. The van der Waals surface area contributed by atoms with Crippen LogP contribution in [0.2, 0.25) is 10.0 Å². The number of aliphatic carboxylic acids is 1. The molecule has 340 valence electrons. The molecule has 0 bridgehead atoms. The van der Waals surface area contributed by atoms with Crippen molar-refractivity contribution < 1.29 is 34.5 Å². The van der Waals surface area contributed by atoms with Crippen LogP contribution in [-0.2, 0) is 35.8 Å². The van der Waals surface area contributed by atoms with Crippen LogP contribution in [0.15, 0.2) is 94.5 Å². The highest BCUT2D eigenvalue weighted by Gasteiger charge is 2.39. The molecule has 3 amide bonds. The zero-order valence-electron chi connectivity index (χ0n) is 35.2. The number of nitrogens with one attached hydrogen (secondary N) is 3. The van der Waals surface area contributed by atoms with Gasteiger partial charge in [0, 0.05) is 47.0 Å². The number of benzene rings is 2.